The summed E-state index contributed by atoms with van der Waals surface area (Å²) in [5.41, 5.74) is 0.823. The van der Waals surface area contributed by atoms with Gasteiger partial charge in [-0.2, -0.15) is 15.2 Å². The van der Waals surface area contributed by atoms with Crippen molar-refractivity contribution in [3.63, 3.8) is 0 Å². The number of aromatic nitrogens is 3. The Labute approximate surface area is 141 Å². The zero-order valence-corrected chi connectivity index (χ0v) is 13.0. The van der Waals surface area contributed by atoms with Crippen LogP contribution in [0.3, 0.4) is 0 Å². The fourth-order valence-corrected chi connectivity index (χ4v) is 2.22. The van der Waals surface area contributed by atoms with Crippen LogP contribution in [0, 0.1) is 30.0 Å². The Kier molecular flexibility index (Phi) is 4.22. The van der Waals surface area contributed by atoms with Crippen molar-refractivity contribution < 1.29 is 18.4 Å². The lowest BCUT2D eigenvalue weighted by atomic mass is 9.96. The van der Waals surface area contributed by atoms with Crippen molar-refractivity contribution in [3.05, 3.63) is 65.6 Å². The van der Waals surface area contributed by atoms with E-state index in [0.29, 0.717) is 11.3 Å². The summed E-state index contributed by atoms with van der Waals surface area (Å²) in [4.78, 5) is 25.9. The van der Waals surface area contributed by atoms with E-state index in [1.807, 2.05) is 0 Å². The molecule has 3 rings (SSSR count). The van der Waals surface area contributed by atoms with Crippen LogP contribution < -0.4 is 0 Å². The molecule has 0 saturated carbocycles. The molecule has 0 aliphatic carbocycles. The molecule has 8 heteroatoms. The van der Waals surface area contributed by atoms with Gasteiger partial charge in [0.2, 0.25) is 11.6 Å². The third kappa shape index (κ3) is 3.07. The van der Waals surface area contributed by atoms with Crippen LogP contribution in [0.25, 0.3) is 5.69 Å². The number of aryl methyl sites for hydroxylation is 1. The van der Waals surface area contributed by atoms with Crippen LogP contribution >= 0.6 is 0 Å². The molecule has 2 heterocycles. The number of hydrogen-bond donors (Lipinski definition) is 0. The molecule has 2 aromatic heterocycles. The summed E-state index contributed by atoms with van der Waals surface area (Å²) < 4.78 is 18.0. The number of hydrogen-bond acceptors (Lipinski definition) is 6. The molecule has 0 amide bonds. The maximum atomic E-state index is 13.0. The van der Waals surface area contributed by atoms with Gasteiger partial charge < -0.3 is 4.42 Å². The zero-order valence-electron chi connectivity index (χ0n) is 13.0. The fraction of sp³-hybridized carbons (Fsp3) is 0.118. The highest BCUT2D eigenvalue weighted by Gasteiger charge is 2.33. The van der Waals surface area contributed by atoms with Gasteiger partial charge in [-0.3, -0.25) is 9.59 Å². The van der Waals surface area contributed by atoms with Crippen LogP contribution in [0.5, 0.6) is 0 Å². The summed E-state index contributed by atoms with van der Waals surface area (Å²) in [5.74, 6) is -3.55. The van der Waals surface area contributed by atoms with Crippen LogP contribution in [-0.2, 0) is 0 Å². The van der Waals surface area contributed by atoms with E-state index in [2.05, 4.69) is 10.2 Å². The van der Waals surface area contributed by atoms with Crippen molar-refractivity contribution in [2.75, 3.05) is 0 Å². The van der Waals surface area contributed by atoms with Crippen molar-refractivity contribution >= 4 is 11.6 Å². The molecule has 0 saturated heterocycles. The van der Waals surface area contributed by atoms with E-state index in [1.165, 1.54) is 30.5 Å². The Morgan fingerprint density at radius 1 is 1.24 bits per heavy atom. The van der Waals surface area contributed by atoms with Gasteiger partial charge in [0.05, 0.1) is 24.2 Å². The molecular weight excluding hydrogens is 327 g/mol. The summed E-state index contributed by atoms with van der Waals surface area (Å²) in [6.45, 7) is 1.64. The molecule has 0 aliphatic heterocycles. The Balaban J connectivity index is 1.87. The monoisotopic (exact) mass is 338 g/mol. The van der Waals surface area contributed by atoms with E-state index in [4.69, 9.17) is 4.42 Å². The van der Waals surface area contributed by atoms with Crippen molar-refractivity contribution in [1.29, 1.82) is 5.26 Å². The SMILES string of the molecule is Cc1ccoc1C(=O)[C@@H](C#N)C(=O)c1cnn(-c2ccc(F)cc2)n1. The summed E-state index contributed by atoms with van der Waals surface area (Å²) in [5, 5.41) is 17.1. The number of ketones is 2. The summed E-state index contributed by atoms with van der Waals surface area (Å²) in [6, 6.07) is 8.57. The predicted octanol–water partition coefficient (Wildman–Crippen LogP) is 2.51. The van der Waals surface area contributed by atoms with Crippen molar-refractivity contribution in [1.82, 2.24) is 15.0 Å². The number of furan rings is 1. The third-order valence-electron chi connectivity index (χ3n) is 3.54. The fourth-order valence-electron chi connectivity index (χ4n) is 2.22. The third-order valence-corrected chi connectivity index (χ3v) is 3.54. The van der Waals surface area contributed by atoms with Gasteiger partial charge in [0.1, 0.15) is 5.82 Å². The number of nitriles is 1. The van der Waals surface area contributed by atoms with E-state index in [0.717, 1.165) is 11.0 Å². The molecule has 7 nitrogen and oxygen atoms in total. The molecule has 1 atom stereocenters. The molecule has 0 radical (unpaired) electrons. The van der Waals surface area contributed by atoms with E-state index in [1.54, 1.807) is 19.1 Å². The molecule has 0 spiro atoms. The molecule has 1 aromatic carbocycles. The van der Waals surface area contributed by atoms with Gasteiger partial charge in [-0.05, 0) is 42.8 Å². The topological polar surface area (TPSA) is 102 Å². The minimum absolute atomic E-state index is 0.0363. The highest BCUT2D eigenvalue weighted by molar-refractivity contribution is 6.16. The first-order valence-electron chi connectivity index (χ1n) is 7.21. The lowest BCUT2D eigenvalue weighted by Gasteiger charge is -2.04. The quantitative estimate of drug-likeness (QED) is 0.523. The first kappa shape index (κ1) is 16.3. The molecule has 0 aliphatic rings. The van der Waals surface area contributed by atoms with Gasteiger partial charge >= 0.3 is 0 Å². The van der Waals surface area contributed by atoms with E-state index in [-0.39, 0.29) is 11.5 Å². The second kappa shape index (κ2) is 6.49. The van der Waals surface area contributed by atoms with Gasteiger partial charge in [-0.25, -0.2) is 4.39 Å². The van der Waals surface area contributed by atoms with Gasteiger partial charge in [-0.15, -0.1) is 5.10 Å². The summed E-state index contributed by atoms with van der Waals surface area (Å²) in [6.07, 6.45) is 2.46. The van der Waals surface area contributed by atoms with Crippen LogP contribution in [0.2, 0.25) is 0 Å². The molecule has 3 aromatic rings. The van der Waals surface area contributed by atoms with Crippen molar-refractivity contribution in [2.45, 2.75) is 6.92 Å². The normalized spacial score (nSPS) is 11.7. The van der Waals surface area contributed by atoms with Gasteiger partial charge in [0.15, 0.2) is 17.4 Å². The van der Waals surface area contributed by atoms with E-state index < -0.39 is 23.3 Å². The van der Waals surface area contributed by atoms with Gasteiger partial charge in [0, 0.05) is 0 Å². The number of rotatable bonds is 5. The highest BCUT2D eigenvalue weighted by atomic mass is 19.1. The number of carbonyl (C=O) groups is 2. The van der Waals surface area contributed by atoms with Crippen LogP contribution in [-0.4, -0.2) is 26.6 Å². The standard InChI is InChI=1S/C17H11FN4O3/c1-10-6-7-25-17(10)16(24)13(8-19)15(23)14-9-20-22(21-14)12-4-2-11(18)3-5-12/h2-7,9,13H,1H3/t13-/m0/s1. The number of carbonyl (C=O) groups excluding carboxylic acids is 2. The second-order valence-corrected chi connectivity index (χ2v) is 5.22. The Morgan fingerprint density at radius 3 is 2.56 bits per heavy atom. The van der Waals surface area contributed by atoms with Crippen LogP contribution in [0.15, 0.2) is 47.2 Å². The average Bonchev–Trinajstić information content (AvgIpc) is 3.25. The summed E-state index contributed by atoms with van der Waals surface area (Å²) >= 11 is 0. The lowest BCUT2D eigenvalue weighted by molar-refractivity contribution is 0.0825. The van der Waals surface area contributed by atoms with Crippen LogP contribution in [0.1, 0.15) is 26.6 Å². The average molecular weight is 338 g/mol. The largest absolute Gasteiger partial charge is 0.461 e. The minimum atomic E-state index is -1.58. The first-order chi connectivity index (χ1) is 12.0. The molecule has 0 unspecified atom stereocenters. The van der Waals surface area contributed by atoms with E-state index >= 15 is 0 Å². The molecule has 25 heavy (non-hydrogen) atoms. The molecule has 0 bridgehead atoms. The number of nitrogens with zero attached hydrogens (tertiary/aromatic N) is 4. The number of Topliss-reactive ketones (excluding diaryl/α,β-unsaturated/α-hetero) is 2. The van der Waals surface area contributed by atoms with Crippen molar-refractivity contribution in [2.24, 2.45) is 5.92 Å². The predicted molar refractivity (Wildman–Crippen MR) is 82.5 cm³/mol. The minimum Gasteiger partial charge on any atom is -0.461 e. The molecule has 124 valence electrons. The van der Waals surface area contributed by atoms with Crippen molar-refractivity contribution in [3.8, 4) is 11.8 Å². The maximum Gasteiger partial charge on any atom is 0.223 e. The highest BCUT2D eigenvalue weighted by Crippen LogP contribution is 2.18. The van der Waals surface area contributed by atoms with Crippen LogP contribution in [0.4, 0.5) is 4.39 Å². The van der Waals surface area contributed by atoms with E-state index in [9.17, 15) is 19.2 Å². The second-order valence-electron chi connectivity index (χ2n) is 5.22. The first-order valence-corrected chi connectivity index (χ1v) is 7.21. The molecule has 0 fully saturated rings. The number of halogens is 1. The summed E-state index contributed by atoms with van der Waals surface area (Å²) in [7, 11) is 0. The number of benzene rings is 1. The Bertz CT molecular complexity index is 982. The molecule has 0 N–H and O–H groups in total. The Hall–Kier alpha value is -3.60. The van der Waals surface area contributed by atoms with Gasteiger partial charge in [0.25, 0.3) is 0 Å². The molecular formula is C17H11FN4O3. The zero-order chi connectivity index (χ0) is 18.0. The Morgan fingerprint density at radius 2 is 1.96 bits per heavy atom. The smallest absolute Gasteiger partial charge is 0.223 e. The maximum absolute atomic E-state index is 13.0. The lowest BCUT2D eigenvalue weighted by Crippen LogP contribution is -2.23. The van der Waals surface area contributed by atoms with Gasteiger partial charge in [-0.1, -0.05) is 0 Å².